The first kappa shape index (κ1) is 17.8. The molecule has 6 heteroatoms. The Hall–Kier alpha value is -0.620. The quantitative estimate of drug-likeness (QED) is 0.406. The Labute approximate surface area is 107 Å². The van der Waals surface area contributed by atoms with Gasteiger partial charge in [-0.25, -0.2) is 0 Å². The van der Waals surface area contributed by atoms with Crippen molar-refractivity contribution in [3.63, 3.8) is 0 Å². The molecule has 0 aromatic heterocycles. The van der Waals surface area contributed by atoms with Crippen molar-refractivity contribution < 1.29 is 40.5 Å². The summed E-state index contributed by atoms with van der Waals surface area (Å²) in [5, 5.41) is 0. The predicted molar refractivity (Wildman–Crippen MR) is 55.1 cm³/mol. The lowest BCUT2D eigenvalue weighted by Crippen LogP contribution is -3.00. The minimum atomic E-state index is -0.421. The van der Waals surface area contributed by atoms with Gasteiger partial charge in [0, 0.05) is 6.92 Å². The molecule has 0 aliphatic heterocycles. The molecule has 0 amide bonds. The summed E-state index contributed by atoms with van der Waals surface area (Å²) >= 11 is 0. The van der Waals surface area contributed by atoms with Crippen LogP contribution in [0.5, 0.6) is 0 Å². The Morgan fingerprint density at radius 1 is 1.25 bits per heavy atom. The van der Waals surface area contributed by atoms with E-state index in [1.807, 2.05) is 21.1 Å². The molecule has 0 fully saturated rings. The summed E-state index contributed by atoms with van der Waals surface area (Å²) in [4.78, 5) is 21.9. The summed E-state index contributed by atoms with van der Waals surface area (Å²) in [7, 11) is 7.22. The molecule has 0 N–H and O–H groups in total. The lowest BCUT2D eigenvalue weighted by molar-refractivity contribution is -0.873. The van der Waals surface area contributed by atoms with Crippen LogP contribution in [0.1, 0.15) is 13.3 Å². The van der Waals surface area contributed by atoms with E-state index in [1.54, 1.807) is 0 Å². The normalized spacial score (nSPS) is 12.3. The summed E-state index contributed by atoms with van der Waals surface area (Å²) in [6.07, 6.45) is -0.319. The number of quaternary nitrogens is 1. The number of rotatable bonds is 5. The first-order valence-corrected chi connectivity index (χ1v) is 4.79. The number of carbonyl (C=O) groups is 2. The SMILES string of the molecule is COC(=O)C[C@H](C[N+](C)(C)C)OC(C)=O.[Br-]. The van der Waals surface area contributed by atoms with E-state index in [4.69, 9.17) is 4.74 Å². The molecule has 96 valence electrons. The second-order valence-electron chi connectivity index (χ2n) is 4.48. The van der Waals surface area contributed by atoms with Crippen LogP contribution in [0, 0.1) is 0 Å². The lowest BCUT2D eigenvalue weighted by Gasteiger charge is -2.28. The maximum atomic E-state index is 11.1. The van der Waals surface area contributed by atoms with Crippen LogP contribution in [-0.2, 0) is 19.1 Å². The first-order chi connectivity index (χ1) is 6.74. The molecule has 0 unspecified atom stereocenters. The number of esters is 2. The number of methoxy groups -OCH3 is 1. The third-order valence-corrected chi connectivity index (χ3v) is 1.71. The van der Waals surface area contributed by atoms with Gasteiger partial charge in [0.15, 0.2) is 6.10 Å². The van der Waals surface area contributed by atoms with E-state index in [9.17, 15) is 9.59 Å². The molecule has 0 spiro atoms. The van der Waals surface area contributed by atoms with Gasteiger partial charge in [-0.1, -0.05) is 0 Å². The Kier molecular flexibility index (Phi) is 8.46. The van der Waals surface area contributed by atoms with Gasteiger partial charge < -0.3 is 30.9 Å². The first-order valence-electron chi connectivity index (χ1n) is 4.79. The number of halogens is 1. The fourth-order valence-corrected chi connectivity index (χ4v) is 1.26. The molecule has 0 bridgehead atoms. The van der Waals surface area contributed by atoms with Crippen LogP contribution in [0.2, 0.25) is 0 Å². The zero-order valence-corrected chi connectivity index (χ0v) is 12.0. The zero-order chi connectivity index (χ0) is 12.1. The van der Waals surface area contributed by atoms with E-state index in [1.165, 1.54) is 14.0 Å². The average Bonchev–Trinajstić information content (AvgIpc) is 1.99. The van der Waals surface area contributed by atoms with Crippen molar-refractivity contribution in [1.82, 2.24) is 0 Å². The monoisotopic (exact) mass is 297 g/mol. The minimum absolute atomic E-state index is 0. The molecule has 0 aliphatic rings. The highest BCUT2D eigenvalue weighted by Gasteiger charge is 2.24. The van der Waals surface area contributed by atoms with Crippen molar-refractivity contribution in [3.05, 3.63) is 0 Å². The van der Waals surface area contributed by atoms with E-state index in [0.717, 1.165) is 0 Å². The molecular formula is C10H20BrNO4. The molecule has 5 nitrogen and oxygen atoms in total. The Morgan fingerprint density at radius 2 is 1.75 bits per heavy atom. The molecular weight excluding hydrogens is 278 g/mol. The lowest BCUT2D eigenvalue weighted by atomic mass is 10.2. The number of likely N-dealkylation sites (N-methyl/N-ethyl adjacent to an activating group) is 1. The van der Waals surface area contributed by atoms with Gasteiger partial charge in [-0.3, -0.25) is 9.59 Å². The molecule has 0 rings (SSSR count). The summed E-state index contributed by atoms with van der Waals surface area (Å²) in [6.45, 7) is 1.91. The Balaban J connectivity index is 0. The van der Waals surface area contributed by atoms with Crippen molar-refractivity contribution in [3.8, 4) is 0 Å². The number of hydrogen-bond acceptors (Lipinski definition) is 4. The third-order valence-electron chi connectivity index (χ3n) is 1.71. The van der Waals surface area contributed by atoms with E-state index in [2.05, 4.69) is 4.74 Å². The highest BCUT2D eigenvalue weighted by molar-refractivity contribution is 5.71. The predicted octanol–water partition coefficient (Wildman–Crippen LogP) is -2.81. The Morgan fingerprint density at radius 3 is 2.06 bits per heavy atom. The smallest absolute Gasteiger partial charge is 0.309 e. The van der Waals surface area contributed by atoms with Crippen LogP contribution < -0.4 is 17.0 Å². The number of hydrogen-bond donors (Lipinski definition) is 0. The maximum absolute atomic E-state index is 11.1. The second-order valence-corrected chi connectivity index (χ2v) is 4.48. The molecule has 0 saturated heterocycles. The van der Waals surface area contributed by atoms with Gasteiger partial charge in [-0.2, -0.15) is 0 Å². The van der Waals surface area contributed by atoms with Gasteiger partial charge in [0.1, 0.15) is 6.54 Å². The highest BCUT2D eigenvalue weighted by Crippen LogP contribution is 2.06. The van der Waals surface area contributed by atoms with Crippen molar-refractivity contribution in [1.29, 1.82) is 0 Å². The summed E-state index contributed by atoms with van der Waals surface area (Å²) in [5.74, 6) is -0.743. The fourth-order valence-electron chi connectivity index (χ4n) is 1.26. The summed E-state index contributed by atoms with van der Waals surface area (Å²) in [5.41, 5.74) is 0. The zero-order valence-electron chi connectivity index (χ0n) is 10.4. The van der Waals surface area contributed by atoms with Crippen LogP contribution in [0.15, 0.2) is 0 Å². The maximum Gasteiger partial charge on any atom is 0.309 e. The van der Waals surface area contributed by atoms with Crippen LogP contribution in [0.25, 0.3) is 0 Å². The number of carbonyl (C=O) groups excluding carboxylic acids is 2. The van der Waals surface area contributed by atoms with Crippen LogP contribution in [0.4, 0.5) is 0 Å². The highest BCUT2D eigenvalue weighted by atomic mass is 79.9. The van der Waals surface area contributed by atoms with Gasteiger partial charge >= 0.3 is 11.9 Å². The summed E-state index contributed by atoms with van der Waals surface area (Å²) in [6, 6.07) is 0. The van der Waals surface area contributed by atoms with Crippen molar-refractivity contribution >= 4 is 11.9 Å². The summed E-state index contributed by atoms with van der Waals surface area (Å²) < 4.78 is 10.2. The van der Waals surface area contributed by atoms with Crippen molar-refractivity contribution in [2.45, 2.75) is 19.4 Å². The molecule has 0 radical (unpaired) electrons. The standard InChI is InChI=1S/C10H20NO4.BrH/c1-8(12)15-9(6-10(13)14-5)7-11(2,3)4;/h9H,6-7H2,1-5H3;1H/q+1;/p-1/t9-;/m1./s1. The number of ether oxygens (including phenoxy) is 2. The van der Waals surface area contributed by atoms with Gasteiger partial charge in [0.05, 0.1) is 34.7 Å². The van der Waals surface area contributed by atoms with Gasteiger partial charge in [0.2, 0.25) is 0 Å². The molecule has 0 aromatic carbocycles. The second kappa shape index (κ2) is 7.62. The van der Waals surface area contributed by atoms with E-state index < -0.39 is 6.10 Å². The molecule has 0 aliphatic carbocycles. The topological polar surface area (TPSA) is 52.6 Å². The molecule has 0 saturated carbocycles. The fraction of sp³-hybridized carbons (Fsp3) is 0.800. The molecule has 0 aromatic rings. The Bertz CT molecular complexity index is 237. The molecule has 1 atom stereocenters. The van der Waals surface area contributed by atoms with E-state index in [-0.39, 0.29) is 35.3 Å². The van der Waals surface area contributed by atoms with Gasteiger partial charge in [-0.15, -0.1) is 0 Å². The molecule has 0 heterocycles. The van der Waals surface area contributed by atoms with Gasteiger partial charge in [0.25, 0.3) is 0 Å². The number of nitrogens with zero attached hydrogens (tertiary/aromatic N) is 1. The van der Waals surface area contributed by atoms with Crippen LogP contribution in [0.3, 0.4) is 0 Å². The van der Waals surface area contributed by atoms with Crippen molar-refractivity contribution in [2.24, 2.45) is 0 Å². The van der Waals surface area contributed by atoms with Crippen LogP contribution >= 0.6 is 0 Å². The average molecular weight is 298 g/mol. The van der Waals surface area contributed by atoms with Gasteiger partial charge in [-0.05, 0) is 0 Å². The van der Waals surface area contributed by atoms with Crippen LogP contribution in [-0.4, -0.2) is 57.3 Å². The third kappa shape index (κ3) is 9.92. The largest absolute Gasteiger partial charge is 1.00 e. The minimum Gasteiger partial charge on any atom is -1.00 e. The molecule has 16 heavy (non-hydrogen) atoms. The van der Waals surface area contributed by atoms with E-state index >= 15 is 0 Å². The van der Waals surface area contributed by atoms with E-state index in [0.29, 0.717) is 11.0 Å². The van der Waals surface area contributed by atoms with Crippen molar-refractivity contribution in [2.75, 3.05) is 34.8 Å².